The van der Waals surface area contributed by atoms with Crippen molar-refractivity contribution in [3.63, 3.8) is 0 Å². The molecule has 0 atom stereocenters. The first-order valence-corrected chi connectivity index (χ1v) is 3.05. The topological polar surface area (TPSA) is 55.1 Å². The van der Waals surface area contributed by atoms with Crippen molar-refractivity contribution in [3.05, 3.63) is 29.3 Å². The molecule has 0 aliphatic carbocycles. The van der Waals surface area contributed by atoms with E-state index < -0.39 is 11.4 Å². The van der Waals surface area contributed by atoms with E-state index in [1.807, 2.05) is 0 Å². The van der Waals surface area contributed by atoms with Gasteiger partial charge in [-0.3, -0.25) is 9.36 Å². The first kappa shape index (κ1) is 7.53. The van der Waals surface area contributed by atoms with E-state index in [4.69, 9.17) is 5.11 Å². The van der Waals surface area contributed by atoms with Crippen molar-refractivity contribution in [1.29, 1.82) is 0 Å². The molecule has 0 aliphatic rings. The minimum absolute atomic E-state index is 0.504. The number of rotatable bonds is 1. The predicted octanol–water partition coefficient (Wildman–Crippen LogP) is 0.439. The van der Waals surface area contributed by atoms with Crippen molar-refractivity contribution in [2.45, 2.75) is 6.92 Å². The second-order valence-corrected chi connectivity index (χ2v) is 2.16. The summed E-state index contributed by atoms with van der Waals surface area (Å²) >= 11 is 0. The average Bonchev–Trinajstić information content (AvgIpc) is 1.94. The Morgan fingerprint density at radius 3 is 2.91 bits per heavy atom. The van der Waals surface area contributed by atoms with Crippen LogP contribution in [-0.2, 0) is 0 Å². The molecule has 1 aromatic heterocycles. The normalized spacial score (nSPS) is 9.55. The molecule has 1 N–H and O–H groups in total. The molecule has 0 amide bonds. The molecule has 0 bridgehead atoms. The van der Waals surface area contributed by atoms with Crippen LogP contribution in [-0.4, -0.2) is 14.7 Å². The fraction of sp³-hybridized carbons (Fsp3) is 0.143. The van der Waals surface area contributed by atoms with Gasteiger partial charge in [0, 0.05) is 18.1 Å². The molecule has 0 saturated carbocycles. The van der Waals surface area contributed by atoms with Crippen LogP contribution in [0.25, 0.3) is 5.70 Å². The SMILES string of the molecule is C=C(C)n1ccnc(O)c1=O. The van der Waals surface area contributed by atoms with Crippen molar-refractivity contribution in [2.75, 3.05) is 0 Å². The third-order valence-corrected chi connectivity index (χ3v) is 1.23. The van der Waals surface area contributed by atoms with Gasteiger partial charge in [0.2, 0.25) is 0 Å². The summed E-state index contributed by atoms with van der Waals surface area (Å²) in [6, 6.07) is 0. The summed E-state index contributed by atoms with van der Waals surface area (Å²) in [7, 11) is 0. The van der Waals surface area contributed by atoms with Gasteiger partial charge in [0.1, 0.15) is 0 Å². The van der Waals surface area contributed by atoms with Crippen LogP contribution in [0.5, 0.6) is 5.88 Å². The van der Waals surface area contributed by atoms with Gasteiger partial charge in [0.25, 0.3) is 5.88 Å². The van der Waals surface area contributed by atoms with Gasteiger partial charge >= 0.3 is 5.56 Å². The van der Waals surface area contributed by atoms with E-state index >= 15 is 0 Å². The summed E-state index contributed by atoms with van der Waals surface area (Å²) in [5.74, 6) is -0.504. The maximum absolute atomic E-state index is 11.0. The van der Waals surface area contributed by atoms with Crippen LogP contribution in [0.3, 0.4) is 0 Å². The summed E-state index contributed by atoms with van der Waals surface area (Å²) < 4.78 is 1.22. The summed E-state index contributed by atoms with van der Waals surface area (Å²) in [4.78, 5) is 14.4. The van der Waals surface area contributed by atoms with Crippen LogP contribution < -0.4 is 5.56 Å². The molecule has 58 valence electrons. The lowest BCUT2D eigenvalue weighted by molar-refractivity contribution is 0.441. The number of allylic oxidation sites excluding steroid dienone is 1. The fourth-order valence-corrected chi connectivity index (χ4v) is 0.702. The zero-order chi connectivity index (χ0) is 8.43. The lowest BCUT2D eigenvalue weighted by Gasteiger charge is -2.01. The van der Waals surface area contributed by atoms with Gasteiger partial charge in [-0.1, -0.05) is 6.58 Å². The van der Waals surface area contributed by atoms with E-state index in [9.17, 15) is 4.79 Å². The number of aromatic hydroxyl groups is 1. The number of hydrogen-bond acceptors (Lipinski definition) is 3. The molecule has 0 aromatic carbocycles. The number of hydrogen-bond donors (Lipinski definition) is 1. The Hall–Kier alpha value is -1.58. The fourth-order valence-electron chi connectivity index (χ4n) is 0.702. The second-order valence-electron chi connectivity index (χ2n) is 2.16. The molecule has 0 fully saturated rings. The van der Waals surface area contributed by atoms with E-state index in [2.05, 4.69) is 11.6 Å². The highest BCUT2D eigenvalue weighted by molar-refractivity contribution is 5.37. The molecular formula is C7H8N2O2. The van der Waals surface area contributed by atoms with Gasteiger partial charge in [-0.05, 0) is 6.92 Å². The molecule has 0 unspecified atom stereocenters. The first-order chi connectivity index (χ1) is 5.13. The van der Waals surface area contributed by atoms with Crippen molar-refractivity contribution in [3.8, 4) is 5.88 Å². The van der Waals surface area contributed by atoms with Crippen molar-refractivity contribution < 1.29 is 5.11 Å². The summed E-state index contributed by atoms with van der Waals surface area (Å²) in [5.41, 5.74) is 0.00713. The Morgan fingerprint density at radius 2 is 2.45 bits per heavy atom. The monoisotopic (exact) mass is 152 g/mol. The molecule has 0 radical (unpaired) electrons. The molecule has 0 aliphatic heterocycles. The quantitative estimate of drug-likeness (QED) is 0.635. The van der Waals surface area contributed by atoms with E-state index in [1.54, 1.807) is 6.92 Å². The molecule has 1 heterocycles. The van der Waals surface area contributed by atoms with Crippen LogP contribution in [0.1, 0.15) is 6.92 Å². The van der Waals surface area contributed by atoms with E-state index in [-0.39, 0.29) is 0 Å². The van der Waals surface area contributed by atoms with Crippen LogP contribution >= 0.6 is 0 Å². The highest BCUT2D eigenvalue weighted by atomic mass is 16.3. The number of nitrogens with zero attached hydrogens (tertiary/aromatic N) is 2. The predicted molar refractivity (Wildman–Crippen MR) is 41.2 cm³/mol. The van der Waals surface area contributed by atoms with Gasteiger partial charge in [0.15, 0.2) is 0 Å². The smallest absolute Gasteiger partial charge is 0.317 e. The molecule has 4 heteroatoms. The van der Waals surface area contributed by atoms with Gasteiger partial charge in [-0.2, -0.15) is 0 Å². The molecule has 1 aromatic rings. The largest absolute Gasteiger partial charge is 0.489 e. The molecular weight excluding hydrogens is 144 g/mol. The molecule has 4 nitrogen and oxygen atoms in total. The van der Waals surface area contributed by atoms with Crippen LogP contribution in [0.15, 0.2) is 23.8 Å². The van der Waals surface area contributed by atoms with Crippen LogP contribution in [0, 0.1) is 0 Å². The second kappa shape index (κ2) is 2.57. The van der Waals surface area contributed by atoms with Crippen molar-refractivity contribution in [2.24, 2.45) is 0 Å². The summed E-state index contributed by atoms with van der Waals surface area (Å²) in [5, 5.41) is 8.86. The molecule has 0 saturated heterocycles. The Morgan fingerprint density at radius 1 is 1.82 bits per heavy atom. The Balaban J connectivity index is 3.40. The van der Waals surface area contributed by atoms with Gasteiger partial charge < -0.3 is 5.11 Å². The molecule has 1 rings (SSSR count). The van der Waals surface area contributed by atoms with E-state index in [1.165, 1.54) is 17.0 Å². The average molecular weight is 152 g/mol. The van der Waals surface area contributed by atoms with Gasteiger partial charge in [-0.25, -0.2) is 4.98 Å². The number of aromatic nitrogens is 2. The van der Waals surface area contributed by atoms with E-state index in [0.717, 1.165) is 0 Å². The lowest BCUT2D eigenvalue weighted by atomic mass is 10.5. The first-order valence-electron chi connectivity index (χ1n) is 3.05. The Kier molecular flexibility index (Phi) is 1.76. The zero-order valence-corrected chi connectivity index (χ0v) is 6.11. The van der Waals surface area contributed by atoms with E-state index in [0.29, 0.717) is 5.70 Å². The van der Waals surface area contributed by atoms with Crippen LogP contribution in [0.4, 0.5) is 0 Å². The molecule has 11 heavy (non-hydrogen) atoms. The van der Waals surface area contributed by atoms with Gasteiger partial charge in [-0.15, -0.1) is 0 Å². The van der Waals surface area contributed by atoms with Gasteiger partial charge in [0.05, 0.1) is 0 Å². The highest BCUT2D eigenvalue weighted by Crippen LogP contribution is 1.97. The standard InChI is InChI=1S/C7H8N2O2/c1-5(2)9-4-3-8-6(10)7(9)11/h3-4H,1H2,2H3,(H,8,10). The van der Waals surface area contributed by atoms with Crippen LogP contribution in [0.2, 0.25) is 0 Å². The maximum Gasteiger partial charge on any atom is 0.317 e. The molecule has 0 spiro atoms. The summed E-state index contributed by atoms with van der Waals surface area (Å²) in [6.07, 6.45) is 2.79. The van der Waals surface area contributed by atoms with Crippen molar-refractivity contribution >= 4 is 5.70 Å². The zero-order valence-electron chi connectivity index (χ0n) is 6.11. The summed E-state index contributed by atoms with van der Waals surface area (Å²) in [6.45, 7) is 5.22. The third-order valence-electron chi connectivity index (χ3n) is 1.23. The lowest BCUT2D eigenvalue weighted by Crippen LogP contribution is -2.17. The van der Waals surface area contributed by atoms with Crippen molar-refractivity contribution in [1.82, 2.24) is 9.55 Å². The Bertz CT molecular complexity index is 341. The maximum atomic E-state index is 11.0. The minimum Gasteiger partial charge on any atom is -0.489 e. The minimum atomic E-state index is -0.542. The Labute approximate surface area is 63.4 Å². The third kappa shape index (κ3) is 1.29. The highest BCUT2D eigenvalue weighted by Gasteiger charge is 2.00.